The van der Waals surface area contributed by atoms with E-state index in [4.69, 9.17) is 0 Å². The molecule has 3 heteroatoms. The lowest BCUT2D eigenvalue weighted by atomic mass is 9.91. The van der Waals surface area contributed by atoms with E-state index in [-0.39, 0.29) is 5.54 Å². The molecule has 1 aliphatic rings. The van der Waals surface area contributed by atoms with Crippen LogP contribution in [0.2, 0.25) is 0 Å². The SMILES string of the molecule is CSc1cc(Br)cc(C2(C)CCCN2)c1. The lowest BCUT2D eigenvalue weighted by molar-refractivity contribution is 0.433. The van der Waals surface area contributed by atoms with Crippen LogP contribution in [0, 0.1) is 0 Å². The van der Waals surface area contributed by atoms with E-state index >= 15 is 0 Å². The molecule has 0 aromatic heterocycles. The Morgan fingerprint density at radius 3 is 2.80 bits per heavy atom. The minimum atomic E-state index is 0.175. The first-order chi connectivity index (χ1) is 7.14. The molecule has 0 bridgehead atoms. The second-order valence-corrected chi connectivity index (χ2v) is 6.04. The summed E-state index contributed by atoms with van der Waals surface area (Å²) in [6, 6.07) is 6.71. The first-order valence-corrected chi connectivity index (χ1v) is 7.26. The molecule has 0 aliphatic carbocycles. The van der Waals surface area contributed by atoms with Gasteiger partial charge in [0.2, 0.25) is 0 Å². The van der Waals surface area contributed by atoms with Gasteiger partial charge >= 0.3 is 0 Å². The third-order valence-electron chi connectivity index (χ3n) is 3.11. The fourth-order valence-corrected chi connectivity index (χ4v) is 3.27. The Morgan fingerprint density at radius 2 is 2.20 bits per heavy atom. The standard InChI is InChI=1S/C12H16BrNS/c1-12(4-3-5-14-12)9-6-10(13)8-11(7-9)15-2/h6-8,14H,3-5H2,1-2H3. The molecule has 1 nitrogen and oxygen atoms in total. The van der Waals surface area contributed by atoms with E-state index in [0.29, 0.717) is 0 Å². The molecule has 1 heterocycles. The Morgan fingerprint density at radius 1 is 1.40 bits per heavy atom. The lowest BCUT2D eigenvalue weighted by Gasteiger charge is -2.25. The topological polar surface area (TPSA) is 12.0 Å². The zero-order chi connectivity index (χ0) is 10.9. The van der Waals surface area contributed by atoms with E-state index in [1.807, 2.05) is 0 Å². The van der Waals surface area contributed by atoms with Gasteiger partial charge in [0.25, 0.3) is 0 Å². The third kappa shape index (κ3) is 2.40. The summed E-state index contributed by atoms with van der Waals surface area (Å²) in [4.78, 5) is 1.33. The fourth-order valence-electron chi connectivity index (χ4n) is 2.14. The summed E-state index contributed by atoms with van der Waals surface area (Å²) in [5.41, 5.74) is 1.58. The van der Waals surface area contributed by atoms with E-state index < -0.39 is 0 Å². The maximum atomic E-state index is 3.60. The second-order valence-electron chi connectivity index (χ2n) is 4.24. The predicted octanol–water partition coefficient (Wildman–Crippen LogP) is 3.77. The highest BCUT2D eigenvalue weighted by molar-refractivity contribution is 9.10. The van der Waals surface area contributed by atoms with Crippen LogP contribution in [-0.4, -0.2) is 12.8 Å². The second kappa shape index (κ2) is 4.48. The van der Waals surface area contributed by atoms with Crippen molar-refractivity contribution < 1.29 is 0 Å². The molecule has 1 atom stereocenters. The molecule has 1 aromatic carbocycles. The molecule has 1 saturated heterocycles. The number of halogens is 1. The van der Waals surface area contributed by atoms with Crippen molar-refractivity contribution in [3.05, 3.63) is 28.2 Å². The van der Waals surface area contributed by atoms with Crippen LogP contribution in [0.15, 0.2) is 27.6 Å². The molecular formula is C12H16BrNS. The van der Waals surface area contributed by atoms with Gasteiger partial charge in [0.15, 0.2) is 0 Å². The molecule has 1 aromatic rings. The summed E-state index contributed by atoms with van der Waals surface area (Å²) < 4.78 is 1.18. The summed E-state index contributed by atoms with van der Waals surface area (Å²) in [5, 5.41) is 3.60. The van der Waals surface area contributed by atoms with Crippen LogP contribution < -0.4 is 5.32 Å². The summed E-state index contributed by atoms with van der Waals surface area (Å²) in [7, 11) is 0. The summed E-state index contributed by atoms with van der Waals surface area (Å²) in [6.45, 7) is 3.43. The number of hydrogen-bond acceptors (Lipinski definition) is 2. The van der Waals surface area contributed by atoms with Gasteiger partial charge in [0, 0.05) is 14.9 Å². The fraction of sp³-hybridized carbons (Fsp3) is 0.500. The maximum absolute atomic E-state index is 3.60. The minimum absolute atomic E-state index is 0.175. The zero-order valence-corrected chi connectivity index (χ0v) is 11.5. The molecule has 1 unspecified atom stereocenters. The summed E-state index contributed by atoms with van der Waals surface area (Å²) in [6.07, 6.45) is 4.63. The molecule has 0 amide bonds. The van der Waals surface area contributed by atoms with E-state index in [9.17, 15) is 0 Å². The van der Waals surface area contributed by atoms with Crippen molar-refractivity contribution in [1.29, 1.82) is 0 Å². The van der Waals surface area contributed by atoms with Crippen LogP contribution in [-0.2, 0) is 5.54 Å². The average Bonchev–Trinajstić information content (AvgIpc) is 2.65. The van der Waals surface area contributed by atoms with Crippen LogP contribution in [0.3, 0.4) is 0 Å². The number of nitrogens with one attached hydrogen (secondary N) is 1. The average molecular weight is 286 g/mol. The first kappa shape index (κ1) is 11.5. The lowest BCUT2D eigenvalue weighted by Crippen LogP contribution is -2.33. The Bertz CT molecular complexity index is 359. The third-order valence-corrected chi connectivity index (χ3v) is 4.28. The number of rotatable bonds is 2. The van der Waals surface area contributed by atoms with Crippen LogP contribution in [0.5, 0.6) is 0 Å². The number of hydrogen-bond donors (Lipinski definition) is 1. The maximum Gasteiger partial charge on any atom is 0.0407 e. The van der Waals surface area contributed by atoms with E-state index in [1.54, 1.807) is 11.8 Å². The molecule has 1 aliphatic heterocycles. The van der Waals surface area contributed by atoms with Gasteiger partial charge in [-0.1, -0.05) is 15.9 Å². The van der Waals surface area contributed by atoms with Crippen LogP contribution in [0.25, 0.3) is 0 Å². The summed E-state index contributed by atoms with van der Waals surface area (Å²) >= 11 is 5.38. The normalized spacial score (nSPS) is 25.8. The predicted molar refractivity (Wildman–Crippen MR) is 70.5 cm³/mol. The van der Waals surface area contributed by atoms with Gasteiger partial charge < -0.3 is 5.32 Å². The Labute approximate surface area is 104 Å². The Hall–Kier alpha value is 0.01000. The highest BCUT2D eigenvalue weighted by atomic mass is 79.9. The molecule has 2 rings (SSSR count). The van der Waals surface area contributed by atoms with Crippen molar-refractivity contribution in [3.8, 4) is 0 Å². The van der Waals surface area contributed by atoms with Crippen molar-refractivity contribution in [2.75, 3.05) is 12.8 Å². The largest absolute Gasteiger partial charge is 0.308 e. The first-order valence-electron chi connectivity index (χ1n) is 5.24. The molecule has 0 spiro atoms. The van der Waals surface area contributed by atoms with Gasteiger partial charge in [0.1, 0.15) is 0 Å². The van der Waals surface area contributed by atoms with Crippen molar-refractivity contribution in [2.24, 2.45) is 0 Å². The van der Waals surface area contributed by atoms with E-state index in [0.717, 1.165) is 6.54 Å². The zero-order valence-electron chi connectivity index (χ0n) is 9.14. The van der Waals surface area contributed by atoms with E-state index in [2.05, 4.69) is 52.6 Å². The van der Waals surface area contributed by atoms with Gasteiger partial charge in [0.05, 0.1) is 0 Å². The molecule has 15 heavy (non-hydrogen) atoms. The van der Waals surface area contributed by atoms with Gasteiger partial charge in [-0.25, -0.2) is 0 Å². The van der Waals surface area contributed by atoms with Crippen LogP contribution in [0.1, 0.15) is 25.3 Å². The quantitative estimate of drug-likeness (QED) is 0.831. The number of thioether (sulfide) groups is 1. The summed E-state index contributed by atoms with van der Waals surface area (Å²) in [5.74, 6) is 0. The molecule has 0 saturated carbocycles. The molecular weight excluding hydrogens is 270 g/mol. The van der Waals surface area contributed by atoms with Crippen molar-refractivity contribution in [1.82, 2.24) is 5.32 Å². The molecule has 0 radical (unpaired) electrons. The Balaban J connectivity index is 2.38. The molecule has 82 valence electrons. The van der Waals surface area contributed by atoms with Crippen LogP contribution >= 0.6 is 27.7 Å². The van der Waals surface area contributed by atoms with Gasteiger partial charge in [-0.2, -0.15) is 0 Å². The van der Waals surface area contributed by atoms with E-state index in [1.165, 1.54) is 27.8 Å². The van der Waals surface area contributed by atoms with Crippen LogP contribution in [0.4, 0.5) is 0 Å². The van der Waals surface area contributed by atoms with Crippen molar-refractivity contribution in [3.63, 3.8) is 0 Å². The van der Waals surface area contributed by atoms with Crippen molar-refractivity contribution >= 4 is 27.7 Å². The smallest absolute Gasteiger partial charge is 0.0407 e. The van der Waals surface area contributed by atoms with Gasteiger partial charge in [-0.15, -0.1) is 11.8 Å². The van der Waals surface area contributed by atoms with Gasteiger partial charge in [-0.05, 0) is 56.3 Å². The highest BCUT2D eigenvalue weighted by Crippen LogP contribution is 2.34. The van der Waals surface area contributed by atoms with Gasteiger partial charge in [-0.3, -0.25) is 0 Å². The Kier molecular flexibility index (Phi) is 3.43. The van der Waals surface area contributed by atoms with Crippen molar-refractivity contribution in [2.45, 2.75) is 30.2 Å². The molecule has 1 N–H and O–H groups in total. The number of benzene rings is 1. The minimum Gasteiger partial charge on any atom is -0.308 e. The monoisotopic (exact) mass is 285 g/mol. The highest BCUT2D eigenvalue weighted by Gasteiger charge is 2.30. The molecule has 1 fully saturated rings.